The smallest absolute Gasteiger partial charge is 0.126 e. The number of furan rings is 1. The van der Waals surface area contributed by atoms with Gasteiger partial charge in [0.05, 0.1) is 12.3 Å². The largest absolute Gasteiger partial charge is 0.469 e. The zero-order valence-electron chi connectivity index (χ0n) is 11.0. The van der Waals surface area contributed by atoms with Crippen LogP contribution in [0.5, 0.6) is 0 Å². The first-order chi connectivity index (χ1) is 8.67. The van der Waals surface area contributed by atoms with Crippen molar-refractivity contribution in [1.29, 1.82) is 0 Å². The van der Waals surface area contributed by atoms with Gasteiger partial charge in [-0.05, 0) is 37.2 Å². The molecule has 18 heavy (non-hydrogen) atoms. The van der Waals surface area contributed by atoms with Crippen LogP contribution in [0.3, 0.4) is 0 Å². The minimum Gasteiger partial charge on any atom is -0.469 e. The predicted molar refractivity (Wildman–Crippen MR) is 70.1 cm³/mol. The minimum absolute atomic E-state index is 0.0398. The molecule has 2 nitrogen and oxygen atoms in total. The van der Waals surface area contributed by atoms with Gasteiger partial charge >= 0.3 is 0 Å². The average molecular weight is 247 g/mol. The Morgan fingerprint density at radius 3 is 2.72 bits per heavy atom. The monoisotopic (exact) mass is 247 g/mol. The molecular weight excluding hydrogens is 229 g/mol. The van der Waals surface area contributed by atoms with Crippen LogP contribution in [0.25, 0.3) is 0 Å². The van der Waals surface area contributed by atoms with Crippen molar-refractivity contribution in [3.05, 3.63) is 58.8 Å². The molecule has 0 amide bonds. The first kappa shape index (κ1) is 12.8. The lowest BCUT2D eigenvalue weighted by atomic mass is 9.97. The van der Waals surface area contributed by atoms with Gasteiger partial charge in [0.1, 0.15) is 11.6 Å². The summed E-state index contributed by atoms with van der Waals surface area (Å²) in [7, 11) is 1.90. The van der Waals surface area contributed by atoms with Crippen molar-refractivity contribution in [2.45, 2.75) is 26.3 Å². The molecule has 0 aliphatic carbocycles. The summed E-state index contributed by atoms with van der Waals surface area (Å²) in [6, 6.07) is 7.22. The highest BCUT2D eigenvalue weighted by Gasteiger charge is 2.17. The molecule has 1 aromatic heterocycles. The SMILES string of the molecule is CCc1occc1C(NC)c1ccc(F)c(C)c1. The molecule has 0 aliphatic rings. The van der Waals surface area contributed by atoms with E-state index in [1.54, 1.807) is 13.2 Å². The zero-order chi connectivity index (χ0) is 13.1. The summed E-state index contributed by atoms with van der Waals surface area (Å²) in [5, 5.41) is 3.26. The second-order valence-electron chi connectivity index (χ2n) is 4.38. The molecule has 1 atom stereocenters. The van der Waals surface area contributed by atoms with Crippen molar-refractivity contribution in [2.75, 3.05) is 7.05 Å². The molecule has 1 aromatic carbocycles. The fourth-order valence-corrected chi connectivity index (χ4v) is 2.24. The summed E-state index contributed by atoms with van der Waals surface area (Å²) in [5.41, 5.74) is 2.83. The summed E-state index contributed by atoms with van der Waals surface area (Å²) in [4.78, 5) is 0. The Bertz CT molecular complexity index is 533. The minimum atomic E-state index is -0.170. The number of hydrogen-bond donors (Lipinski definition) is 1. The molecule has 0 aliphatic heterocycles. The molecule has 0 bridgehead atoms. The van der Waals surface area contributed by atoms with Gasteiger partial charge in [-0.3, -0.25) is 0 Å². The van der Waals surface area contributed by atoms with Crippen molar-refractivity contribution in [3.63, 3.8) is 0 Å². The Balaban J connectivity index is 2.42. The van der Waals surface area contributed by atoms with E-state index in [-0.39, 0.29) is 11.9 Å². The van der Waals surface area contributed by atoms with Crippen molar-refractivity contribution in [1.82, 2.24) is 5.32 Å². The van der Waals surface area contributed by atoms with E-state index >= 15 is 0 Å². The molecule has 0 spiro atoms. The Morgan fingerprint density at radius 2 is 2.11 bits per heavy atom. The van der Waals surface area contributed by atoms with Gasteiger partial charge < -0.3 is 9.73 Å². The quantitative estimate of drug-likeness (QED) is 0.893. The molecule has 1 unspecified atom stereocenters. The number of halogens is 1. The summed E-state index contributed by atoms with van der Waals surface area (Å²) in [6.07, 6.45) is 2.55. The van der Waals surface area contributed by atoms with Crippen LogP contribution in [0.2, 0.25) is 0 Å². The molecular formula is C15H18FNO. The van der Waals surface area contributed by atoms with Gasteiger partial charge in [-0.15, -0.1) is 0 Å². The predicted octanol–water partition coefficient (Wildman–Crippen LogP) is 3.60. The molecule has 1 heterocycles. The van der Waals surface area contributed by atoms with Crippen LogP contribution in [0.1, 0.15) is 35.4 Å². The summed E-state index contributed by atoms with van der Waals surface area (Å²) in [6.45, 7) is 3.84. The van der Waals surface area contributed by atoms with E-state index in [1.165, 1.54) is 6.07 Å². The number of aryl methyl sites for hydroxylation is 2. The Kier molecular flexibility index (Phi) is 3.82. The molecule has 96 valence electrons. The molecule has 0 fully saturated rings. The molecule has 1 N–H and O–H groups in total. The number of rotatable bonds is 4. The maximum absolute atomic E-state index is 13.3. The van der Waals surface area contributed by atoms with Gasteiger partial charge in [-0.25, -0.2) is 4.39 Å². The van der Waals surface area contributed by atoms with Crippen LogP contribution in [-0.4, -0.2) is 7.05 Å². The molecule has 2 aromatic rings. The second kappa shape index (κ2) is 5.36. The molecule has 0 saturated heterocycles. The normalized spacial score (nSPS) is 12.7. The number of hydrogen-bond acceptors (Lipinski definition) is 2. The van der Waals surface area contributed by atoms with Crippen LogP contribution < -0.4 is 5.32 Å². The fraction of sp³-hybridized carbons (Fsp3) is 0.333. The first-order valence-corrected chi connectivity index (χ1v) is 6.17. The van der Waals surface area contributed by atoms with Gasteiger partial charge in [-0.1, -0.05) is 19.1 Å². The highest BCUT2D eigenvalue weighted by molar-refractivity contribution is 5.35. The highest BCUT2D eigenvalue weighted by atomic mass is 19.1. The average Bonchev–Trinajstić information content (AvgIpc) is 2.83. The van der Waals surface area contributed by atoms with Gasteiger partial charge in [0, 0.05) is 12.0 Å². The van der Waals surface area contributed by atoms with Crippen LogP contribution in [0.15, 0.2) is 34.9 Å². The van der Waals surface area contributed by atoms with Crippen molar-refractivity contribution in [3.8, 4) is 0 Å². The molecule has 3 heteroatoms. The first-order valence-electron chi connectivity index (χ1n) is 6.17. The Hall–Kier alpha value is -1.61. The van der Waals surface area contributed by atoms with Crippen LogP contribution in [-0.2, 0) is 6.42 Å². The van der Waals surface area contributed by atoms with E-state index in [4.69, 9.17) is 4.42 Å². The second-order valence-corrected chi connectivity index (χ2v) is 4.38. The van der Waals surface area contributed by atoms with E-state index in [2.05, 4.69) is 12.2 Å². The zero-order valence-corrected chi connectivity index (χ0v) is 11.0. The maximum Gasteiger partial charge on any atom is 0.126 e. The summed E-state index contributed by atoms with van der Waals surface area (Å²) >= 11 is 0. The molecule has 0 saturated carbocycles. The standard InChI is InChI=1S/C15H18FNO/c1-4-14-12(7-8-18-14)15(17-3)11-5-6-13(16)10(2)9-11/h5-9,15,17H,4H2,1-3H3. The third kappa shape index (κ3) is 2.31. The lowest BCUT2D eigenvalue weighted by Crippen LogP contribution is -2.18. The van der Waals surface area contributed by atoms with Gasteiger partial charge in [0.2, 0.25) is 0 Å². The van der Waals surface area contributed by atoms with Crippen LogP contribution in [0, 0.1) is 12.7 Å². The summed E-state index contributed by atoms with van der Waals surface area (Å²) < 4.78 is 18.8. The number of benzene rings is 1. The van der Waals surface area contributed by atoms with Gasteiger partial charge in [-0.2, -0.15) is 0 Å². The van der Waals surface area contributed by atoms with Crippen LogP contribution in [0.4, 0.5) is 4.39 Å². The summed E-state index contributed by atoms with van der Waals surface area (Å²) in [5.74, 6) is 0.799. The lowest BCUT2D eigenvalue weighted by molar-refractivity contribution is 0.504. The third-order valence-electron chi connectivity index (χ3n) is 3.22. The van der Waals surface area contributed by atoms with Crippen molar-refractivity contribution < 1.29 is 8.81 Å². The van der Waals surface area contributed by atoms with Crippen molar-refractivity contribution >= 4 is 0 Å². The van der Waals surface area contributed by atoms with Crippen LogP contribution >= 0.6 is 0 Å². The third-order valence-corrected chi connectivity index (χ3v) is 3.22. The van der Waals surface area contributed by atoms with Crippen molar-refractivity contribution in [2.24, 2.45) is 0 Å². The van der Waals surface area contributed by atoms with Gasteiger partial charge in [0.15, 0.2) is 0 Å². The Morgan fingerprint density at radius 1 is 1.33 bits per heavy atom. The number of nitrogens with one attached hydrogen (secondary N) is 1. The van der Waals surface area contributed by atoms with E-state index in [0.717, 1.165) is 23.3 Å². The topological polar surface area (TPSA) is 25.2 Å². The highest BCUT2D eigenvalue weighted by Crippen LogP contribution is 2.27. The molecule has 0 radical (unpaired) electrons. The maximum atomic E-state index is 13.3. The van der Waals surface area contributed by atoms with E-state index in [0.29, 0.717) is 5.56 Å². The molecule has 2 rings (SSSR count). The Labute approximate surface area is 107 Å². The van der Waals surface area contributed by atoms with E-state index in [1.807, 2.05) is 25.2 Å². The van der Waals surface area contributed by atoms with E-state index in [9.17, 15) is 4.39 Å². The lowest BCUT2D eigenvalue weighted by Gasteiger charge is -2.17. The van der Waals surface area contributed by atoms with E-state index < -0.39 is 0 Å². The van der Waals surface area contributed by atoms with Gasteiger partial charge in [0.25, 0.3) is 0 Å². The fourth-order valence-electron chi connectivity index (χ4n) is 2.24.